The highest BCUT2D eigenvalue weighted by Gasteiger charge is 2.41. The maximum absolute atomic E-state index is 13.0. The first-order valence-corrected chi connectivity index (χ1v) is 9.64. The summed E-state index contributed by atoms with van der Waals surface area (Å²) in [5.74, 6) is 1.52. The van der Waals surface area contributed by atoms with E-state index in [0.717, 1.165) is 19.5 Å². The van der Waals surface area contributed by atoms with Crippen molar-refractivity contribution in [3.8, 4) is 0 Å². The maximum Gasteiger partial charge on any atom is 0.228 e. The monoisotopic (exact) mass is 320 g/mol. The van der Waals surface area contributed by atoms with E-state index in [1.54, 1.807) is 0 Å². The van der Waals surface area contributed by atoms with Crippen LogP contribution < -0.4 is 0 Å². The fraction of sp³-hybridized carbons (Fsp3) is 0.895. The van der Waals surface area contributed by atoms with Gasteiger partial charge in [-0.2, -0.15) is 0 Å². The lowest BCUT2D eigenvalue weighted by Gasteiger charge is -2.35. The van der Waals surface area contributed by atoms with Crippen LogP contribution in [0, 0.1) is 17.8 Å². The van der Waals surface area contributed by atoms with Crippen molar-refractivity contribution in [3.63, 3.8) is 0 Å². The highest BCUT2D eigenvalue weighted by molar-refractivity contribution is 5.89. The van der Waals surface area contributed by atoms with Gasteiger partial charge in [-0.25, -0.2) is 0 Å². The van der Waals surface area contributed by atoms with Crippen LogP contribution in [0.15, 0.2) is 0 Å². The highest BCUT2D eigenvalue weighted by Crippen LogP contribution is 2.35. The number of carbonyl (C=O) groups excluding carboxylic acids is 2. The largest absolute Gasteiger partial charge is 0.342 e. The quantitative estimate of drug-likeness (QED) is 0.799. The van der Waals surface area contributed by atoms with Crippen LogP contribution in [-0.2, 0) is 9.59 Å². The lowest BCUT2D eigenvalue weighted by molar-refractivity contribution is -0.137. The molecular weight excluding hydrogens is 288 g/mol. The van der Waals surface area contributed by atoms with Crippen molar-refractivity contribution in [2.45, 2.75) is 71.3 Å². The van der Waals surface area contributed by atoms with Gasteiger partial charge in [0.15, 0.2) is 0 Å². The molecule has 2 saturated heterocycles. The number of likely N-dealkylation sites (tertiary alicyclic amines) is 2. The summed E-state index contributed by atoms with van der Waals surface area (Å²) in [6.07, 6.45) is 9.34. The lowest BCUT2D eigenvalue weighted by atomic mass is 9.82. The highest BCUT2D eigenvalue weighted by atomic mass is 16.2. The number of hydrogen-bond acceptors (Lipinski definition) is 2. The predicted molar refractivity (Wildman–Crippen MR) is 90.8 cm³/mol. The van der Waals surface area contributed by atoms with Gasteiger partial charge in [-0.3, -0.25) is 9.59 Å². The summed E-state index contributed by atoms with van der Waals surface area (Å²) in [6.45, 7) is 6.59. The Balaban J connectivity index is 1.61. The second kappa shape index (κ2) is 7.23. The van der Waals surface area contributed by atoms with E-state index in [0.29, 0.717) is 30.8 Å². The minimum atomic E-state index is -0.0922. The number of nitrogens with zero attached hydrogens (tertiary/aromatic N) is 2. The number of rotatable bonds is 4. The molecule has 0 spiro atoms. The maximum atomic E-state index is 13.0. The van der Waals surface area contributed by atoms with Gasteiger partial charge < -0.3 is 9.80 Å². The van der Waals surface area contributed by atoms with Crippen molar-refractivity contribution in [2.24, 2.45) is 17.8 Å². The second-order valence-corrected chi connectivity index (χ2v) is 8.23. The SMILES string of the molecule is CC(C)CN1C[C@H](C(=O)N2CCC[C@H]2C2CCCCC2)CC1=O. The molecule has 0 aromatic heterocycles. The molecule has 0 bridgehead atoms. The van der Waals surface area contributed by atoms with Crippen LogP contribution in [0.2, 0.25) is 0 Å². The third kappa shape index (κ3) is 3.72. The summed E-state index contributed by atoms with van der Waals surface area (Å²) in [6, 6.07) is 0.456. The molecule has 3 aliphatic rings. The van der Waals surface area contributed by atoms with Gasteiger partial charge in [-0.1, -0.05) is 33.1 Å². The van der Waals surface area contributed by atoms with Crippen molar-refractivity contribution < 1.29 is 9.59 Å². The van der Waals surface area contributed by atoms with Crippen LogP contribution in [0.25, 0.3) is 0 Å². The van der Waals surface area contributed by atoms with Crippen molar-refractivity contribution in [1.82, 2.24) is 9.80 Å². The van der Waals surface area contributed by atoms with Gasteiger partial charge in [0, 0.05) is 32.1 Å². The summed E-state index contributed by atoms with van der Waals surface area (Å²) in [5, 5.41) is 0. The molecule has 130 valence electrons. The van der Waals surface area contributed by atoms with Gasteiger partial charge in [0.1, 0.15) is 0 Å². The second-order valence-electron chi connectivity index (χ2n) is 8.23. The molecule has 0 aromatic carbocycles. The zero-order valence-electron chi connectivity index (χ0n) is 14.8. The van der Waals surface area contributed by atoms with Crippen LogP contribution in [0.3, 0.4) is 0 Å². The standard InChI is InChI=1S/C19H32N2O2/c1-14(2)12-20-13-16(11-18(20)22)19(23)21-10-6-9-17(21)15-7-4-3-5-8-15/h14-17H,3-13H2,1-2H3/t16-,17+/m1/s1. The van der Waals surface area contributed by atoms with Crippen molar-refractivity contribution in [2.75, 3.05) is 19.6 Å². The molecule has 1 saturated carbocycles. The van der Waals surface area contributed by atoms with Crippen molar-refractivity contribution >= 4 is 11.8 Å². The Morgan fingerprint density at radius 2 is 1.87 bits per heavy atom. The Labute approximate surface area is 140 Å². The smallest absolute Gasteiger partial charge is 0.228 e. The van der Waals surface area contributed by atoms with Gasteiger partial charge in [0.05, 0.1) is 5.92 Å². The molecule has 2 aliphatic heterocycles. The van der Waals surface area contributed by atoms with Gasteiger partial charge >= 0.3 is 0 Å². The van der Waals surface area contributed by atoms with Gasteiger partial charge in [-0.15, -0.1) is 0 Å². The lowest BCUT2D eigenvalue weighted by Crippen LogP contribution is -2.44. The van der Waals surface area contributed by atoms with E-state index in [-0.39, 0.29) is 17.7 Å². The molecule has 3 fully saturated rings. The minimum absolute atomic E-state index is 0.0922. The van der Waals surface area contributed by atoms with Crippen LogP contribution >= 0.6 is 0 Å². The van der Waals surface area contributed by atoms with E-state index in [1.807, 2.05) is 4.90 Å². The van der Waals surface area contributed by atoms with E-state index in [2.05, 4.69) is 18.7 Å². The van der Waals surface area contributed by atoms with Crippen LogP contribution in [0.4, 0.5) is 0 Å². The van der Waals surface area contributed by atoms with E-state index in [9.17, 15) is 9.59 Å². The Hall–Kier alpha value is -1.06. The molecular formula is C19H32N2O2. The number of carbonyl (C=O) groups is 2. The molecule has 0 N–H and O–H groups in total. The van der Waals surface area contributed by atoms with Crippen molar-refractivity contribution in [3.05, 3.63) is 0 Å². The summed E-state index contributed by atoms with van der Waals surface area (Å²) >= 11 is 0. The van der Waals surface area contributed by atoms with Gasteiger partial charge in [0.2, 0.25) is 11.8 Å². The number of hydrogen-bond donors (Lipinski definition) is 0. The first kappa shape index (κ1) is 16.8. The Kier molecular flexibility index (Phi) is 5.27. The van der Waals surface area contributed by atoms with E-state index < -0.39 is 0 Å². The fourth-order valence-corrected chi connectivity index (χ4v) is 4.86. The summed E-state index contributed by atoms with van der Waals surface area (Å²) < 4.78 is 0. The average Bonchev–Trinajstić information content (AvgIpc) is 3.15. The van der Waals surface area contributed by atoms with E-state index >= 15 is 0 Å². The van der Waals surface area contributed by atoms with Crippen LogP contribution in [0.1, 0.15) is 65.2 Å². The molecule has 3 rings (SSSR count). The molecule has 4 nitrogen and oxygen atoms in total. The molecule has 2 heterocycles. The number of amides is 2. The third-order valence-corrected chi connectivity index (χ3v) is 5.93. The minimum Gasteiger partial charge on any atom is -0.342 e. The molecule has 0 aromatic rings. The molecule has 0 unspecified atom stereocenters. The molecule has 1 aliphatic carbocycles. The first-order chi connectivity index (χ1) is 11.1. The molecule has 23 heavy (non-hydrogen) atoms. The van der Waals surface area contributed by atoms with E-state index in [4.69, 9.17) is 0 Å². The normalized spacial score (nSPS) is 29.8. The summed E-state index contributed by atoms with van der Waals surface area (Å²) in [4.78, 5) is 29.3. The zero-order chi connectivity index (χ0) is 16.4. The van der Waals surface area contributed by atoms with Gasteiger partial charge in [-0.05, 0) is 37.5 Å². The Bertz CT molecular complexity index is 443. The van der Waals surface area contributed by atoms with Crippen LogP contribution in [-0.4, -0.2) is 47.3 Å². The molecule has 0 radical (unpaired) electrons. The van der Waals surface area contributed by atoms with Gasteiger partial charge in [0.25, 0.3) is 0 Å². The first-order valence-electron chi connectivity index (χ1n) is 9.64. The third-order valence-electron chi connectivity index (χ3n) is 5.93. The Morgan fingerprint density at radius 1 is 1.13 bits per heavy atom. The summed E-state index contributed by atoms with van der Waals surface area (Å²) in [7, 11) is 0. The molecule has 2 atom stereocenters. The molecule has 2 amide bonds. The Morgan fingerprint density at radius 3 is 2.57 bits per heavy atom. The molecule has 4 heteroatoms. The predicted octanol–water partition coefficient (Wildman–Crippen LogP) is 3.06. The summed E-state index contributed by atoms with van der Waals surface area (Å²) in [5.41, 5.74) is 0. The van der Waals surface area contributed by atoms with E-state index in [1.165, 1.54) is 38.5 Å². The van der Waals surface area contributed by atoms with Crippen molar-refractivity contribution in [1.29, 1.82) is 0 Å². The topological polar surface area (TPSA) is 40.6 Å². The average molecular weight is 320 g/mol. The fourth-order valence-electron chi connectivity index (χ4n) is 4.86. The zero-order valence-corrected chi connectivity index (χ0v) is 14.8. The van der Waals surface area contributed by atoms with Crippen LogP contribution in [0.5, 0.6) is 0 Å².